The van der Waals surface area contributed by atoms with E-state index in [2.05, 4.69) is 0 Å². The monoisotopic (exact) mass is 281 g/mol. The van der Waals surface area contributed by atoms with E-state index in [9.17, 15) is 4.79 Å². The molecule has 112 valence electrons. The molecule has 20 heavy (non-hydrogen) atoms. The highest BCUT2D eigenvalue weighted by atomic mass is 16.5. The maximum atomic E-state index is 11.0. The molecule has 5 nitrogen and oxygen atoms in total. The SMILES string of the molecule is CCC(C)N(CC(=O)O)Cc1cc(OC)cc(OC)c1. The van der Waals surface area contributed by atoms with Crippen molar-refractivity contribution in [2.45, 2.75) is 32.9 Å². The van der Waals surface area contributed by atoms with Crippen LogP contribution in [0, 0.1) is 0 Å². The molecule has 0 fully saturated rings. The third-order valence-corrected chi connectivity index (χ3v) is 3.35. The van der Waals surface area contributed by atoms with Crippen molar-refractivity contribution in [3.63, 3.8) is 0 Å². The number of ether oxygens (including phenoxy) is 2. The van der Waals surface area contributed by atoms with Crippen molar-refractivity contribution in [2.75, 3.05) is 20.8 Å². The number of benzene rings is 1. The number of carbonyl (C=O) groups is 1. The van der Waals surface area contributed by atoms with Crippen LogP contribution >= 0.6 is 0 Å². The maximum Gasteiger partial charge on any atom is 0.317 e. The summed E-state index contributed by atoms with van der Waals surface area (Å²) in [5.41, 5.74) is 0.975. The Balaban J connectivity index is 2.94. The highest BCUT2D eigenvalue weighted by Gasteiger charge is 2.16. The fourth-order valence-corrected chi connectivity index (χ4v) is 1.99. The standard InChI is InChI=1S/C15H23NO4/c1-5-11(2)16(10-15(17)18)9-12-6-13(19-3)8-14(7-12)20-4/h6-8,11H,5,9-10H2,1-4H3,(H,17,18). The summed E-state index contributed by atoms with van der Waals surface area (Å²) in [4.78, 5) is 12.9. The second kappa shape index (κ2) is 7.75. The lowest BCUT2D eigenvalue weighted by Crippen LogP contribution is -2.36. The first kappa shape index (κ1) is 16.3. The van der Waals surface area contributed by atoms with Crippen LogP contribution in [0.4, 0.5) is 0 Å². The van der Waals surface area contributed by atoms with E-state index in [0.717, 1.165) is 12.0 Å². The van der Waals surface area contributed by atoms with Crippen LogP contribution in [0.5, 0.6) is 11.5 Å². The second-order valence-electron chi connectivity index (χ2n) is 4.78. The minimum Gasteiger partial charge on any atom is -0.497 e. The molecule has 0 aliphatic carbocycles. The first-order chi connectivity index (χ1) is 9.49. The Kier molecular flexibility index (Phi) is 6.31. The summed E-state index contributed by atoms with van der Waals surface area (Å²) in [5.74, 6) is 0.595. The molecule has 0 radical (unpaired) electrons. The van der Waals surface area contributed by atoms with Gasteiger partial charge in [-0.1, -0.05) is 6.92 Å². The number of carboxylic acid groups (broad SMARTS) is 1. The number of hydrogen-bond donors (Lipinski definition) is 1. The lowest BCUT2D eigenvalue weighted by molar-refractivity contribution is -0.139. The zero-order chi connectivity index (χ0) is 15.1. The number of rotatable bonds is 8. The quantitative estimate of drug-likeness (QED) is 0.793. The van der Waals surface area contributed by atoms with Gasteiger partial charge < -0.3 is 14.6 Å². The maximum absolute atomic E-state index is 11.0. The van der Waals surface area contributed by atoms with E-state index in [0.29, 0.717) is 18.0 Å². The minimum atomic E-state index is -0.819. The van der Waals surface area contributed by atoms with E-state index in [1.165, 1.54) is 0 Å². The molecular weight excluding hydrogens is 258 g/mol. The molecule has 0 spiro atoms. The van der Waals surface area contributed by atoms with Crippen LogP contribution in [0.3, 0.4) is 0 Å². The summed E-state index contributed by atoms with van der Waals surface area (Å²) in [6.45, 7) is 4.65. The van der Waals surface area contributed by atoms with Crippen molar-refractivity contribution in [1.29, 1.82) is 0 Å². The first-order valence-electron chi connectivity index (χ1n) is 6.67. The molecule has 1 aromatic rings. The second-order valence-corrected chi connectivity index (χ2v) is 4.78. The number of nitrogens with zero attached hydrogens (tertiary/aromatic N) is 1. The summed E-state index contributed by atoms with van der Waals surface area (Å²) in [7, 11) is 3.20. The average molecular weight is 281 g/mol. The van der Waals surface area contributed by atoms with E-state index >= 15 is 0 Å². The summed E-state index contributed by atoms with van der Waals surface area (Å²) in [6, 6.07) is 5.80. The molecule has 0 heterocycles. The van der Waals surface area contributed by atoms with E-state index in [4.69, 9.17) is 14.6 Å². The largest absolute Gasteiger partial charge is 0.497 e. The van der Waals surface area contributed by atoms with Crippen molar-refractivity contribution >= 4 is 5.97 Å². The molecule has 1 atom stereocenters. The summed E-state index contributed by atoms with van der Waals surface area (Å²) in [6.07, 6.45) is 0.897. The number of carboxylic acids is 1. The smallest absolute Gasteiger partial charge is 0.317 e. The predicted octanol–water partition coefficient (Wildman–Crippen LogP) is 2.39. The Morgan fingerprint density at radius 2 is 1.80 bits per heavy atom. The number of aliphatic carboxylic acids is 1. The summed E-state index contributed by atoms with van der Waals surface area (Å²) >= 11 is 0. The lowest BCUT2D eigenvalue weighted by atomic mass is 10.1. The van der Waals surface area contributed by atoms with Crippen LogP contribution < -0.4 is 9.47 Å². The van der Waals surface area contributed by atoms with Crippen molar-refractivity contribution in [3.8, 4) is 11.5 Å². The third-order valence-electron chi connectivity index (χ3n) is 3.35. The molecule has 0 saturated carbocycles. The molecule has 0 saturated heterocycles. The van der Waals surface area contributed by atoms with Gasteiger partial charge in [-0.2, -0.15) is 0 Å². The molecule has 1 rings (SSSR count). The third kappa shape index (κ3) is 4.74. The Labute approximate surface area is 120 Å². The molecule has 0 aliphatic rings. The highest BCUT2D eigenvalue weighted by Crippen LogP contribution is 2.24. The fourth-order valence-electron chi connectivity index (χ4n) is 1.99. The van der Waals surface area contributed by atoms with E-state index in [-0.39, 0.29) is 12.6 Å². The lowest BCUT2D eigenvalue weighted by Gasteiger charge is -2.27. The van der Waals surface area contributed by atoms with Gasteiger partial charge in [0.25, 0.3) is 0 Å². The van der Waals surface area contributed by atoms with Crippen molar-refractivity contribution < 1.29 is 19.4 Å². The topological polar surface area (TPSA) is 59.0 Å². The molecule has 0 bridgehead atoms. The Morgan fingerprint density at radius 1 is 1.25 bits per heavy atom. The van der Waals surface area contributed by atoms with Gasteiger partial charge in [0.15, 0.2) is 0 Å². The van der Waals surface area contributed by atoms with Gasteiger partial charge in [-0.05, 0) is 31.0 Å². The van der Waals surface area contributed by atoms with Crippen LogP contribution in [-0.4, -0.2) is 42.8 Å². The minimum absolute atomic E-state index is 0.0224. The normalized spacial score (nSPS) is 12.2. The van der Waals surface area contributed by atoms with Crippen LogP contribution in [-0.2, 0) is 11.3 Å². The fraction of sp³-hybridized carbons (Fsp3) is 0.533. The molecule has 1 N–H and O–H groups in total. The molecule has 0 aromatic heterocycles. The van der Waals surface area contributed by atoms with Gasteiger partial charge >= 0.3 is 5.97 Å². The Morgan fingerprint density at radius 3 is 2.20 bits per heavy atom. The number of methoxy groups -OCH3 is 2. The zero-order valence-electron chi connectivity index (χ0n) is 12.5. The Bertz CT molecular complexity index is 425. The highest BCUT2D eigenvalue weighted by molar-refractivity contribution is 5.69. The van der Waals surface area contributed by atoms with E-state index in [1.54, 1.807) is 20.3 Å². The predicted molar refractivity (Wildman–Crippen MR) is 77.3 cm³/mol. The van der Waals surface area contributed by atoms with Crippen LogP contribution in [0.2, 0.25) is 0 Å². The molecule has 1 aromatic carbocycles. The first-order valence-corrected chi connectivity index (χ1v) is 6.67. The van der Waals surface area contributed by atoms with Crippen LogP contribution in [0.25, 0.3) is 0 Å². The average Bonchev–Trinajstić information content (AvgIpc) is 2.44. The van der Waals surface area contributed by atoms with Crippen LogP contribution in [0.1, 0.15) is 25.8 Å². The molecule has 0 amide bonds. The van der Waals surface area contributed by atoms with Crippen molar-refractivity contribution in [2.24, 2.45) is 0 Å². The van der Waals surface area contributed by atoms with Gasteiger partial charge in [0.2, 0.25) is 0 Å². The molecule has 1 unspecified atom stereocenters. The van der Waals surface area contributed by atoms with Gasteiger partial charge in [-0.15, -0.1) is 0 Å². The van der Waals surface area contributed by atoms with E-state index < -0.39 is 5.97 Å². The van der Waals surface area contributed by atoms with Crippen LogP contribution in [0.15, 0.2) is 18.2 Å². The Hall–Kier alpha value is -1.75. The summed E-state index contributed by atoms with van der Waals surface area (Å²) in [5, 5.41) is 9.02. The van der Waals surface area contributed by atoms with Gasteiger partial charge in [0.1, 0.15) is 11.5 Å². The number of hydrogen-bond acceptors (Lipinski definition) is 4. The zero-order valence-corrected chi connectivity index (χ0v) is 12.5. The van der Waals surface area contributed by atoms with Gasteiger partial charge in [-0.25, -0.2) is 0 Å². The van der Waals surface area contributed by atoms with Gasteiger partial charge in [0, 0.05) is 18.7 Å². The van der Waals surface area contributed by atoms with Gasteiger partial charge in [-0.3, -0.25) is 9.69 Å². The van der Waals surface area contributed by atoms with Crippen molar-refractivity contribution in [1.82, 2.24) is 4.90 Å². The summed E-state index contributed by atoms with van der Waals surface area (Å²) < 4.78 is 10.5. The molecular formula is C15H23NO4. The molecule has 0 aliphatic heterocycles. The van der Waals surface area contributed by atoms with E-state index in [1.807, 2.05) is 30.9 Å². The van der Waals surface area contributed by atoms with Crippen molar-refractivity contribution in [3.05, 3.63) is 23.8 Å². The molecule has 5 heteroatoms. The van der Waals surface area contributed by atoms with Gasteiger partial charge in [0.05, 0.1) is 20.8 Å².